The van der Waals surface area contributed by atoms with E-state index in [0.717, 1.165) is 12.0 Å². The second-order valence-corrected chi connectivity index (χ2v) is 5.03. The van der Waals surface area contributed by atoms with Crippen molar-refractivity contribution in [3.63, 3.8) is 0 Å². The van der Waals surface area contributed by atoms with E-state index in [1.54, 1.807) is 6.92 Å². The fourth-order valence-electron chi connectivity index (χ4n) is 2.33. The Morgan fingerprint density at radius 2 is 2.05 bits per heavy atom. The summed E-state index contributed by atoms with van der Waals surface area (Å²) in [5.41, 5.74) is 0.786. The number of hydrogen-bond acceptors (Lipinski definition) is 3. The summed E-state index contributed by atoms with van der Waals surface area (Å²) in [5, 5.41) is 12.0. The summed E-state index contributed by atoms with van der Waals surface area (Å²) in [6.07, 6.45) is 1.10. The molecule has 20 heavy (non-hydrogen) atoms. The predicted octanol–water partition coefficient (Wildman–Crippen LogP) is 1.74. The Balaban J connectivity index is 2.14. The third-order valence-electron chi connectivity index (χ3n) is 3.57. The van der Waals surface area contributed by atoms with Gasteiger partial charge in [0, 0.05) is 6.61 Å². The number of carbonyl (C=O) groups excluding carboxylic acids is 1. The first kappa shape index (κ1) is 14.5. The third-order valence-corrected chi connectivity index (χ3v) is 3.57. The molecular weight excluding hydrogens is 258 g/mol. The zero-order valence-electron chi connectivity index (χ0n) is 11.4. The van der Waals surface area contributed by atoms with Gasteiger partial charge in [-0.3, -0.25) is 9.59 Å². The third kappa shape index (κ3) is 3.36. The highest BCUT2D eigenvalue weighted by molar-refractivity contribution is 5.82. The van der Waals surface area contributed by atoms with Crippen LogP contribution in [0.1, 0.15) is 31.4 Å². The molecule has 2 N–H and O–H groups in total. The molecule has 0 bridgehead atoms. The summed E-state index contributed by atoms with van der Waals surface area (Å²) in [5.74, 6) is -1.88. The van der Waals surface area contributed by atoms with Crippen molar-refractivity contribution >= 4 is 11.9 Å². The maximum Gasteiger partial charge on any atom is 0.308 e. The number of carbonyl (C=O) groups is 2. The van der Waals surface area contributed by atoms with Crippen LogP contribution in [-0.4, -0.2) is 29.7 Å². The van der Waals surface area contributed by atoms with Gasteiger partial charge in [-0.15, -0.1) is 0 Å². The van der Waals surface area contributed by atoms with Crippen LogP contribution in [0.15, 0.2) is 30.3 Å². The van der Waals surface area contributed by atoms with Crippen LogP contribution in [0.2, 0.25) is 0 Å². The highest BCUT2D eigenvalue weighted by Gasteiger charge is 2.30. The molecule has 0 aliphatic carbocycles. The molecule has 1 saturated heterocycles. The molecule has 1 heterocycles. The van der Waals surface area contributed by atoms with Crippen LogP contribution in [-0.2, 0) is 14.3 Å². The van der Waals surface area contributed by atoms with Gasteiger partial charge in [-0.2, -0.15) is 0 Å². The number of benzene rings is 1. The summed E-state index contributed by atoms with van der Waals surface area (Å²) in [6, 6.07) is 8.60. The molecule has 5 heteroatoms. The van der Waals surface area contributed by atoms with Crippen molar-refractivity contribution < 1.29 is 19.4 Å². The zero-order chi connectivity index (χ0) is 14.5. The van der Waals surface area contributed by atoms with Crippen molar-refractivity contribution in [2.45, 2.75) is 31.9 Å². The second-order valence-electron chi connectivity index (χ2n) is 5.03. The van der Waals surface area contributed by atoms with Gasteiger partial charge in [0.05, 0.1) is 12.0 Å². The lowest BCUT2D eigenvalue weighted by molar-refractivity contribution is -0.143. The Hall–Kier alpha value is -1.88. The summed E-state index contributed by atoms with van der Waals surface area (Å²) >= 11 is 0. The summed E-state index contributed by atoms with van der Waals surface area (Å²) in [6.45, 7) is 2.18. The minimum absolute atomic E-state index is 0.232. The zero-order valence-corrected chi connectivity index (χ0v) is 11.4. The summed E-state index contributed by atoms with van der Waals surface area (Å²) in [4.78, 5) is 23.4. The van der Waals surface area contributed by atoms with Crippen LogP contribution >= 0.6 is 0 Å². The van der Waals surface area contributed by atoms with Gasteiger partial charge in [0.15, 0.2) is 0 Å². The van der Waals surface area contributed by atoms with Gasteiger partial charge in [0.2, 0.25) is 5.91 Å². The minimum atomic E-state index is -0.938. The molecule has 2 rings (SSSR count). The number of hydrogen-bond donors (Lipinski definition) is 2. The Labute approximate surface area is 117 Å². The molecule has 2 unspecified atom stereocenters. The molecular formula is C15H19NO4. The number of amides is 1. The first-order chi connectivity index (χ1) is 9.59. The maximum atomic E-state index is 12.1. The SMILES string of the molecule is CC(C(=O)O)C(NC(=O)[C@@H]1CCCO1)c1ccccc1. The van der Waals surface area contributed by atoms with Crippen molar-refractivity contribution in [3.05, 3.63) is 35.9 Å². The summed E-state index contributed by atoms with van der Waals surface area (Å²) in [7, 11) is 0. The normalized spacial score (nSPS) is 21.1. The van der Waals surface area contributed by atoms with Gasteiger partial charge in [-0.1, -0.05) is 30.3 Å². The minimum Gasteiger partial charge on any atom is -0.481 e. The van der Waals surface area contributed by atoms with Gasteiger partial charge < -0.3 is 15.2 Å². The molecule has 0 saturated carbocycles. The van der Waals surface area contributed by atoms with E-state index in [2.05, 4.69) is 5.32 Å². The highest BCUT2D eigenvalue weighted by atomic mass is 16.5. The van der Waals surface area contributed by atoms with Gasteiger partial charge >= 0.3 is 5.97 Å². The average Bonchev–Trinajstić information content (AvgIpc) is 2.99. The van der Waals surface area contributed by atoms with Crippen LogP contribution in [0.5, 0.6) is 0 Å². The number of nitrogens with one attached hydrogen (secondary N) is 1. The second kappa shape index (κ2) is 6.52. The number of carboxylic acids is 1. The molecule has 1 amide bonds. The van der Waals surface area contributed by atoms with Gasteiger partial charge in [-0.05, 0) is 25.3 Å². The van der Waals surface area contributed by atoms with Crippen molar-refractivity contribution in [3.8, 4) is 0 Å². The van der Waals surface area contributed by atoms with E-state index < -0.39 is 24.0 Å². The first-order valence-corrected chi connectivity index (χ1v) is 6.79. The lowest BCUT2D eigenvalue weighted by atomic mass is 9.94. The molecule has 1 aromatic rings. The molecule has 0 radical (unpaired) electrons. The van der Waals surface area contributed by atoms with E-state index >= 15 is 0 Å². The van der Waals surface area contributed by atoms with E-state index in [9.17, 15) is 14.7 Å². The molecule has 1 aliphatic heterocycles. The van der Waals surface area contributed by atoms with Gasteiger partial charge in [-0.25, -0.2) is 0 Å². The van der Waals surface area contributed by atoms with E-state index in [0.29, 0.717) is 13.0 Å². The Morgan fingerprint density at radius 1 is 1.35 bits per heavy atom. The molecule has 1 fully saturated rings. The monoisotopic (exact) mass is 277 g/mol. The Bertz CT molecular complexity index is 468. The Morgan fingerprint density at radius 3 is 2.60 bits per heavy atom. The van der Waals surface area contributed by atoms with Crippen LogP contribution < -0.4 is 5.32 Å². The smallest absolute Gasteiger partial charge is 0.308 e. The van der Waals surface area contributed by atoms with Crippen LogP contribution in [0.4, 0.5) is 0 Å². The number of aliphatic carboxylic acids is 1. The van der Waals surface area contributed by atoms with Crippen molar-refractivity contribution in [2.24, 2.45) is 5.92 Å². The number of rotatable bonds is 5. The van der Waals surface area contributed by atoms with Crippen molar-refractivity contribution in [1.29, 1.82) is 0 Å². The van der Waals surface area contributed by atoms with E-state index in [1.165, 1.54) is 0 Å². The van der Waals surface area contributed by atoms with Crippen LogP contribution in [0.3, 0.4) is 0 Å². The highest BCUT2D eigenvalue weighted by Crippen LogP contribution is 2.23. The molecule has 5 nitrogen and oxygen atoms in total. The topological polar surface area (TPSA) is 75.6 Å². The lowest BCUT2D eigenvalue weighted by Crippen LogP contribution is -2.40. The maximum absolute atomic E-state index is 12.1. The fourth-order valence-corrected chi connectivity index (χ4v) is 2.33. The molecule has 0 aromatic heterocycles. The number of ether oxygens (including phenoxy) is 1. The van der Waals surface area contributed by atoms with Gasteiger partial charge in [0.1, 0.15) is 6.10 Å². The predicted molar refractivity (Wildman–Crippen MR) is 73.1 cm³/mol. The quantitative estimate of drug-likeness (QED) is 0.859. The van der Waals surface area contributed by atoms with Gasteiger partial charge in [0.25, 0.3) is 0 Å². The molecule has 1 aromatic carbocycles. The van der Waals surface area contributed by atoms with E-state index in [1.807, 2.05) is 30.3 Å². The summed E-state index contributed by atoms with van der Waals surface area (Å²) < 4.78 is 5.33. The Kier molecular flexibility index (Phi) is 4.74. The molecule has 3 atom stereocenters. The van der Waals surface area contributed by atoms with Crippen LogP contribution in [0, 0.1) is 5.92 Å². The van der Waals surface area contributed by atoms with Crippen LogP contribution in [0.25, 0.3) is 0 Å². The molecule has 108 valence electrons. The first-order valence-electron chi connectivity index (χ1n) is 6.79. The van der Waals surface area contributed by atoms with Crippen molar-refractivity contribution in [2.75, 3.05) is 6.61 Å². The van der Waals surface area contributed by atoms with Crippen molar-refractivity contribution in [1.82, 2.24) is 5.32 Å². The average molecular weight is 277 g/mol. The lowest BCUT2D eigenvalue weighted by Gasteiger charge is -2.24. The van der Waals surface area contributed by atoms with E-state index in [4.69, 9.17) is 4.74 Å². The molecule has 0 spiro atoms. The van der Waals surface area contributed by atoms with E-state index in [-0.39, 0.29) is 5.91 Å². The molecule has 1 aliphatic rings. The largest absolute Gasteiger partial charge is 0.481 e. The fraction of sp³-hybridized carbons (Fsp3) is 0.467. The number of carboxylic acid groups (broad SMARTS) is 1. The standard InChI is InChI=1S/C15H19NO4/c1-10(15(18)19)13(11-6-3-2-4-7-11)16-14(17)12-8-5-9-20-12/h2-4,6-7,10,12-13H,5,8-9H2,1H3,(H,16,17)(H,18,19)/t10?,12-,13?/m0/s1.